The summed E-state index contributed by atoms with van der Waals surface area (Å²) in [5.41, 5.74) is 4.83. The second-order valence-corrected chi connectivity index (χ2v) is 9.46. The maximum atomic E-state index is 10.6. The van der Waals surface area contributed by atoms with E-state index in [0.29, 0.717) is 13.0 Å². The molecule has 0 saturated heterocycles. The highest BCUT2D eigenvalue weighted by Crippen LogP contribution is 2.52. The Kier molecular flexibility index (Phi) is 5.68. The molecule has 2 aliphatic rings. The van der Waals surface area contributed by atoms with Crippen LogP contribution >= 0.6 is 31.9 Å². The summed E-state index contributed by atoms with van der Waals surface area (Å²) in [6, 6.07) is 16.5. The van der Waals surface area contributed by atoms with Gasteiger partial charge in [0.05, 0.1) is 11.6 Å². The molecule has 1 heterocycles. The molecular weight excluding hydrogens is 480 g/mol. The van der Waals surface area contributed by atoms with E-state index in [1.165, 1.54) is 16.8 Å². The lowest BCUT2D eigenvalue weighted by atomic mass is 9.83. The van der Waals surface area contributed by atoms with Crippen molar-refractivity contribution in [3.63, 3.8) is 0 Å². The molecule has 0 saturated carbocycles. The van der Waals surface area contributed by atoms with Crippen molar-refractivity contribution in [2.75, 3.05) is 23.3 Å². The first-order valence-electron chi connectivity index (χ1n) is 9.60. The number of hydrogen-bond donors (Lipinski definition) is 2. The van der Waals surface area contributed by atoms with Gasteiger partial charge in [0.1, 0.15) is 0 Å². The second-order valence-electron chi connectivity index (χ2n) is 7.63. The van der Waals surface area contributed by atoms with Crippen molar-refractivity contribution >= 4 is 48.8 Å². The summed E-state index contributed by atoms with van der Waals surface area (Å²) in [7, 11) is 0. The molecule has 1 aliphatic heterocycles. The lowest BCUT2D eigenvalue weighted by Crippen LogP contribution is -2.45. The van der Waals surface area contributed by atoms with Crippen LogP contribution in [0.25, 0.3) is 5.57 Å². The van der Waals surface area contributed by atoms with Gasteiger partial charge in [0.15, 0.2) is 0 Å². The van der Waals surface area contributed by atoms with Crippen LogP contribution in [-0.2, 0) is 0 Å². The predicted octanol–water partition coefficient (Wildman–Crippen LogP) is 5.96. The molecule has 146 valence electrons. The van der Waals surface area contributed by atoms with E-state index in [4.69, 9.17) is 0 Å². The number of halogens is 2. The molecule has 0 bridgehead atoms. The summed E-state index contributed by atoms with van der Waals surface area (Å²) in [6.07, 6.45) is 5.74. The zero-order valence-electron chi connectivity index (χ0n) is 15.8. The highest BCUT2D eigenvalue weighted by molar-refractivity contribution is 9.12. The lowest BCUT2D eigenvalue weighted by Gasteiger charge is -2.39. The predicted molar refractivity (Wildman–Crippen MR) is 125 cm³/mol. The van der Waals surface area contributed by atoms with Gasteiger partial charge in [0.2, 0.25) is 0 Å². The van der Waals surface area contributed by atoms with Gasteiger partial charge in [-0.2, -0.15) is 0 Å². The van der Waals surface area contributed by atoms with E-state index in [1.807, 2.05) is 30.3 Å². The Bertz CT molecular complexity index is 925. The number of hydrogen-bond acceptors (Lipinski definition) is 3. The molecule has 2 aromatic rings. The van der Waals surface area contributed by atoms with Crippen LogP contribution in [-0.4, -0.2) is 29.8 Å². The Morgan fingerprint density at radius 3 is 2.75 bits per heavy atom. The van der Waals surface area contributed by atoms with Crippen LogP contribution in [0.15, 0.2) is 69.6 Å². The van der Waals surface area contributed by atoms with Crippen molar-refractivity contribution in [1.29, 1.82) is 0 Å². The third-order valence-electron chi connectivity index (χ3n) is 5.69. The zero-order chi connectivity index (χ0) is 19.7. The number of fused-ring (bicyclic) bond motifs is 3. The van der Waals surface area contributed by atoms with Crippen molar-refractivity contribution < 1.29 is 5.11 Å². The number of nitrogens with one attached hydrogen (secondary N) is 1. The van der Waals surface area contributed by atoms with Crippen LogP contribution in [0.3, 0.4) is 0 Å². The number of aliphatic hydroxyl groups excluding tert-OH is 1. The minimum atomic E-state index is -0.401. The first-order chi connectivity index (χ1) is 13.5. The molecule has 0 spiro atoms. The van der Waals surface area contributed by atoms with E-state index >= 15 is 0 Å². The average molecular weight is 504 g/mol. The number of para-hydroxylation sites is 1. The lowest BCUT2D eigenvalue weighted by molar-refractivity contribution is 0.178. The minimum Gasteiger partial charge on any atom is -0.391 e. The third-order valence-corrected chi connectivity index (χ3v) is 6.74. The van der Waals surface area contributed by atoms with Crippen LogP contribution < -0.4 is 10.2 Å². The number of rotatable bonds is 6. The van der Waals surface area contributed by atoms with Crippen LogP contribution in [0.4, 0.5) is 11.4 Å². The molecule has 2 N–H and O–H groups in total. The topological polar surface area (TPSA) is 35.5 Å². The van der Waals surface area contributed by atoms with Gasteiger partial charge in [-0.1, -0.05) is 56.1 Å². The highest BCUT2D eigenvalue weighted by Gasteiger charge is 2.44. The van der Waals surface area contributed by atoms with E-state index in [1.54, 1.807) is 0 Å². The fourth-order valence-corrected chi connectivity index (χ4v) is 4.90. The molecule has 0 amide bonds. The molecule has 3 nitrogen and oxygen atoms in total. The molecule has 1 aliphatic carbocycles. The van der Waals surface area contributed by atoms with Gasteiger partial charge in [-0.3, -0.25) is 0 Å². The summed E-state index contributed by atoms with van der Waals surface area (Å²) < 4.78 is 2.23. The molecule has 0 fully saturated rings. The van der Waals surface area contributed by atoms with Crippen molar-refractivity contribution in [3.8, 4) is 0 Å². The van der Waals surface area contributed by atoms with Gasteiger partial charge in [0, 0.05) is 39.0 Å². The average Bonchev–Trinajstić information content (AvgIpc) is 2.93. The Balaban J connectivity index is 1.49. The molecule has 2 atom stereocenters. The van der Waals surface area contributed by atoms with Crippen molar-refractivity contribution in [3.05, 3.63) is 75.2 Å². The minimum absolute atomic E-state index is 0.0764. The number of nitrogens with zero attached hydrogens (tertiary/aromatic N) is 1. The smallest absolute Gasteiger partial charge is 0.0729 e. The molecule has 0 aromatic heterocycles. The highest BCUT2D eigenvalue weighted by atomic mass is 79.9. The molecule has 4 rings (SSSR count). The number of allylic oxidation sites excluding steroid dienone is 2. The summed E-state index contributed by atoms with van der Waals surface area (Å²) in [6.45, 7) is 3.67. The largest absolute Gasteiger partial charge is 0.391 e. The van der Waals surface area contributed by atoms with Gasteiger partial charge in [-0.05, 0) is 61.7 Å². The SMILES string of the molecule is CC12CC=C(Br)C=C1c1cc(Br)ccc1N2CCC(O)CNc1ccccc1. The number of aliphatic hydroxyl groups is 1. The van der Waals surface area contributed by atoms with Gasteiger partial charge >= 0.3 is 0 Å². The fourth-order valence-electron chi connectivity index (χ4n) is 4.15. The first kappa shape index (κ1) is 19.7. The molecular formula is C23H24Br2N2O. The van der Waals surface area contributed by atoms with E-state index in [-0.39, 0.29) is 5.54 Å². The number of anilines is 2. The van der Waals surface area contributed by atoms with Crippen molar-refractivity contribution in [2.24, 2.45) is 0 Å². The van der Waals surface area contributed by atoms with Gasteiger partial charge in [-0.25, -0.2) is 0 Å². The molecule has 2 aromatic carbocycles. The van der Waals surface area contributed by atoms with Crippen LogP contribution in [0, 0.1) is 0 Å². The first-order valence-corrected chi connectivity index (χ1v) is 11.2. The van der Waals surface area contributed by atoms with Gasteiger partial charge in [-0.15, -0.1) is 0 Å². The Labute approximate surface area is 183 Å². The van der Waals surface area contributed by atoms with Crippen LogP contribution in [0.5, 0.6) is 0 Å². The zero-order valence-corrected chi connectivity index (χ0v) is 19.0. The quantitative estimate of drug-likeness (QED) is 0.510. The maximum absolute atomic E-state index is 10.6. The normalized spacial score (nSPS) is 21.5. The molecule has 5 heteroatoms. The van der Waals surface area contributed by atoms with Gasteiger partial charge in [0.25, 0.3) is 0 Å². The summed E-state index contributed by atoms with van der Waals surface area (Å²) in [4.78, 5) is 2.46. The van der Waals surface area contributed by atoms with Crippen LogP contribution in [0.1, 0.15) is 25.3 Å². The van der Waals surface area contributed by atoms with E-state index in [0.717, 1.165) is 27.6 Å². The van der Waals surface area contributed by atoms with Gasteiger partial charge < -0.3 is 15.3 Å². The third kappa shape index (κ3) is 3.80. The number of benzene rings is 2. The second kappa shape index (κ2) is 8.05. The maximum Gasteiger partial charge on any atom is 0.0729 e. The standard InChI is InChI=1S/C23H24Br2N2O/c1-23-11-9-17(25)14-21(23)20-13-16(24)7-8-22(20)27(23)12-10-19(28)15-26-18-5-3-2-4-6-18/h2-9,13-14,19,26,28H,10-12,15H2,1H3. The Morgan fingerprint density at radius 2 is 1.96 bits per heavy atom. The summed E-state index contributed by atoms with van der Waals surface area (Å²) in [5.74, 6) is 0. The Morgan fingerprint density at radius 1 is 1.18 bits per heavy atom. The van der Waals surface area contributed by atoms with E-state index in [2.05, 4.69) is 79.4 Å². The van der Waals surface area contributed by atoms with E-state index in [9.17, 15) is 5.11 Å². The monoisotopic (exact) mass is 502 g/mol. The fraction of sp³-hybridized carbons (Fsp3) is 0.304. The van der Waals surface area contributed by atoms with Crippen molar-refractivity contribution in [1.82, 2.24) is 0 Å². The molecule has 0 radical (unpaired) electrons. The van der Waals surface area contributed by atoms with E-state index < -0.39 is 6.10 Å². The summed E-state index contributed by atoms with van der Waals surface area (Å²) >= 11 is 7.27. The molecule has 28 heavy (non-hydrogen) atoms. The summed E-state index contributed by atoms with van der Waals surface area (Å²) in [5, 5.41) is 13.9. The molecule has 2 unspecified atom stereocenters. The van der Waals surface area contributed by atoms with Crippen molar-refractivity contribution in [2.45, 2.75) is 31.4 Å². The Hall–Kier alpha value is -1.56. The van der Waals surface area contributed by atoms with Crippen LogP contribution in [0.2, 0.25) is 0 Å².